The molecule has 0 N–H and O–H groups in total. The van der Waals surface area contributed by atoms with Crippen molar-refractivity contribution in [1.29, 1.82) is 0 Å². The summed E-state index contributed by atoms with van der Waals surface area (Å²) in [6.07, 6.45) is 2.94. The maximum atomic E-state index is 11.1. The summed E-state index contributed by atoms with van der Waals surface area (Å²) in [5.74, 6) is 2.71. The van der Waals surface area contributed by atoms with E-state index in [1.165, 1.54) is 0 Å². The predicted octanol–water partition coefficient (Wildman–Crippen LogP) is 2.56. The standard InChI is InChI=1S/C11H16OSi/c1-5-6-7-8-11(12)9-10-13(2,3)4/h6H,1,7-8H2,2-4H3. The van der Waals surface area contributed by atoms with Crippen molar-refractivity contribution in [2.45, 2.75) is 32.5 Å². The number of rotatable bonds is 3. The van der Waals surface area contributed by atoms with Gasteiger partial charge in [0.25, 0.3) is 0 Å². The van der Waals surface area contributed by atoms with Crippen molar-refractivity contribution in [3.05, 3.63) is 18.4 Å². The Hall–Kier alpha value is -1.03. The lowest BCUT2D eigenvalue weighted by atomic mass is 10.2. The van der Waals surface area contributed by atoms with Crippen LogP contribution in [0.2, 0.25) is 19.6 Å². The molecule has 0 heterocycles. The van der Waals surface area contributed by atoms with Crippen LogP contribution >= 0.6 is 0 Å². The summed E-state index contributed by atoms with van der Waals surface area (Å²) >= 11 is 0. The molecule has 0 aliphatic carbocycles. The largest absolute Gasteiger partial charge is 0.285 e. The second-order valence-electron chi connectivity index (χ2n) is 3.87. The molecule has 0 spiro atoms. The van der Waals surface area contributed by atoms with E-state index in [2.05, 4.69) is 43.4 Å². The van der Waals surface area contributed by atoms with Gasteiger partial charge in [0.05, 0.1) is 0 Å². The van der Waals surface area contributed by atoms with Crippen molar-refractivity contribution in [3.8, 4) is 11.5 Å². The van der Waals surface area contributed by atoms with Gasteiger partial charge in [-0.05, 0) is 18.4 Å². The fourth-order valence-electron chi connectivity index (χ4n) is 0.625. The maximum Gasteiger partial charge on any atom is 0.205 e. The number of ketones is 1. The van der Waals surface area contributed by atoms with Gasteiger partial charge < -0.3 is 0 Å². The van der Waals surface area contributed by atoms with Gasteiger partial charge in [0.15, 0.2) is 0 Å². The minimum atomic E-state index is -1.39. The van der Waals surface area contributed by atoms with Crippen molar-refractivity contribution < 1.29 is 4.79 Å². The second kappa shape index (κ2) is 5.58. The first-order valence-electron chi connectivity index (χ1n) is 4.36. The van der Waals surface area contributed by atoms with E-state index in [0.717, 1.165) is 0 Å². The number of hydrogen-bond donors (Lipinski definition) is 0. The first-order valence-corrected chi connectivity index (χ1v) is 7.86. The molecule has 0 saturated carbocycles. The Labute approximate surface area is 81.6 Å². The van der Waals surface area contributed by atoms with Gasteiger partial charge in [-0.25, -0.2) is 0 Å². The van der Waals surface area contributed by atoms with Crippen LogP contribution < -0.4 is 0 Å². The van der Waals surface area contributed by atoms with Crippen LogP contribution in [0, 0.1) is 11.5 Å². The summed E-state index contributed by atoms with van der Waals surface area (Å²) in [5, 5.41) is 0. The number of Topliss-reactive ketones (excluding diaryl/α,β-unsaturated/α-hetero) is 1. The molecule has 0 aliphatic heterocycles. The molecular weight excluding hydrogens is 176 g/mol. The van der Waals surface area contributed by atoms with E-state index in [-0.39, 0.29) is 5.78 Å². The zero-order valence-electron chi connectivity index (χ0n) is 8.61. The zero-order valence-corrected chi connectivity index (χ0v) is 9.61. The van der Waals surface area contributed by atoms with Crippen LogP contribution in [0.5, 0.6) is 0 Å². The molecular formula is C11H16OSi. The van der Waals surface area contributed by atoms with Crippen LogP contribution in [0.1, 0.15) is 12.8 Å². The monoisotopic (exact) mass is 192 g/mol. The number of carbonyl (C=O) groups excluding carboxylic acids is 1. The Morgan fingerprint density at radius 1 is 1.46 bits per heavy atom. The summed E-state index contributed by atoms with van der Waals surface area (Å²) in [5.41, 5.74) is 5.67. The molecule has 0 atom stereocenters. The van der Waals surface area contributed by atoms with E-state index >= 15 is 0 Å². The van der Waals surface area contributed by atoms with E-state index in [4.69, 9.17) is 0 Å². The highest BCUT2D eigenvalue weighted by molar-refractivity contribution is 6.84. The van der Waals surface area contributed by atoms with E-state index in [9.17, 15) is 4.79 Å². The van der Waals surface area contributed by atoms with Gasteiger partial charge in [-0.2, -0.15) is 0 Å². The molecule has 0 unspecified atom stereocenters. The molecule has 2 heteroatoms. The van der Waals surface area contributed by atoms with Gasteiger partial charge in [-0.3, -0.25) is 4.79 Å². The molecule has 0 radical (unpaired) electrons. The summed E-state index contributed by atoms with van der Waals surface area (Å²) in [4.78, 5) is 11.1. The topological polar surface area (TPSA) is 17.1 Å². The van der Waals surface area contributed by atoms with Crippen molar-refractivity contribution >= 4 is 13.9 Å². The predicted molar refractivity (Wildman–Crippen MR) is 59.1 cm³/mol. The molecule has 0 fully saturated rings. The van der Waals surface area contributed by atoms with Crippen molar-refractivity contribution in [2.24, 2.45) is 0 Å². The fraction of sp³-hybridized carbons (Fsp3) is 0.455. The number of carbonyl (C=O) groups is 1. The smallest absolute Gasteiger partial charge is 0.205 e. The summed E-state index contributed by atoms with van der Waals surface area (Å²) in [7, 11) is -1.39. The molecule has 0 aromatic rings. The SMILES string of the molecule is C=C=CCCC(=O)C#C[Si](C)(C)C. The van der Waals surface area contributed by atoms with Crippen molar-refractivity contribution in [3.63, 3.8) is 0 Å². The highest BCUT2D eigenvalue weighted by Gasteiger charge is 2.08. The average Bonchev–Trinajstić information content (AvgIpc) is 2.00. The molecule has 1 nitrogen and oxygen atoms in total. The lowest BCUT2D eigenvalue weighted by molar-refractivity contribution is -0.113. The van der Waals surface area contributed by atoms with Gasteiger partial charge in [0.1, 0.15) is 8.07 Å². The number of allylic oxidation sites excluding steroid dienone is 1. The molecule has 0 rings (SSSR count). The molecule has 0 aliphatic rings. The first-order chi connectivity index (χ1) is 5.95. The quantitative estimate of drug-likeness (QED) is 0.381. The number of hydrogen-bond acceptors (Lipinski definition) is 1. The average molecular weight is 192 g/mol. The third kappa shape index (κ3) is 8.88. The summed E-state index contributed by atoms with van der Waals surface area (Å²) in [6, 6.07) is 0. The van der Waals surface area contributed by atoms with E-state index in [1.807, 2.05) is 0 Å². The van der Waals surface area contributed by atoms with E-state index in [1.54, 1.807) is 6.08 Å². The normalized spacial score (nSPS) is 9.46. The van der Waals surface area contributed by atoms with Crippen molar-refractivity contribution in [2.75, 3.05) is 0 Å². The Morgan fingerprint density at radius 2 is 2.08 bits per heavy atom. The first kappa shape index (κ1) is 12.0. The van der Waals surface area contributed by atoms with Crippen LogP contribution in [-0.4, -0.2) is 13.9 Å². The lowest BCUT2D eigenvalue weighted by Crippen LogP contribution is -2.17. The maximum absolute atomic E-state index is 11.1. The van der Waals surface area contributed by atoms with Crippen LogP contribution in [0.25, 0.3) is 0 Å². The Kier molecular flexibility index (Phi) is 5.14. The lowest BCUT2D eigenvalue weighted by Gasteiger charge is -2.02. The van der Waals surface area contributed by atoms with Gasteiger partial charge in [0, 0.05) is 6.42 Å². The summed E-state index contributed by atoms with van der Waals surface area (Å²) in [6.45, 7) is 9.79. The fourth-order valence-corrected chi connectivity index (χ4v) is 1.14. The molecule has 0 amide bonds. The molecule has 70 valence electrons. The minimum Gasteiger partial charge on any atom is -0.285 e. The zero-order chi connectivity index (χ0) is 10.3. The Balaban J connectivity index is 3.99. The van der Waals surface area contributed by atoms with Gasteiger partial charge in [-0.1, -0.05) is 26.2 Å². The van der Waals surface area contributed by atoms with Crippen molar-refractivity contribution in [1.82, 2.24) is 0 Å². The molecule has 0 aromatic carbocycles. The van der Waals surface area contributed by atoms with Gasteiger partial charge >= 0.3 is 0 Å². The Bertz CT molecular complexity index is 279. The highest BCUT2D eigenvalue weighted by atomic mass is 28.3. The van der Waals surface area contributed by atoms with Gasteiger partial charge in [-0.15, -0.1) is 11.3 Å². The van der Waals surface area contributed by atoms with Gasteiger partial charge in [0.2, 0.25) is 5.78 Å². The molecule has 13 heavy (non-hydrogen) atoms. The van der Waals surface area contributed by atoms with E-state index in [0.29, 0.717) is 12.8 Å². The minimum absolute atomic E-state index is 0.0222. The van der Waals surface area contributed by atoms with E-state index < -0.39 is 8.07 Å². The third-order valence-electron chi connectivity index (χ3n) is 1.24. The molecule has 0 saturated heterocycles. The van der Waals surface area contributed by atoms with Crippen LogP contribution in [0.3, 0.4) is 0 Å². The molecule has 0 aromatic heterocycles. The van der Waals surface area contributed by atoms with Crippen LogP contribution in [0.15, 0.2) is 18.4 Å². The molecule has 0 bridgehead atoms. The highest BCUT2D eigenvalue weighted by Crippen LogP contribution is 1.97. The second-order valence-corrected chi connectivity index (χ2v) is 8.62. The Morgan fingerprint density at radius 3 is 2.54 bits per heavy atom. The third-order valence-corrected chi connectivity index (χ3v) is 2.11. The van der Waals surface area contributed by atoms with Crippen LogP contribution in [-0.2, 0) is 4.79 Å². The summed E-state index contributed by atoms with van der Waals surface area (Å²) < 4.78 is 0. The van der Waals surface area contributed by atoms with Crippen LogP contribution in [0.4, 0.5) is 0 Å².